The molecule has 1 aliphatic carbocycles. The van der Waals surface area contributed by atoms with Gasteiger partial charge in [0, 0.05) is 13.2 Å². The molecule has 0 aromatic rings. The normalized spacial score (nSPS) is 16.4. The fraction of sp³-hybridized carbons (Fsp3) is 0.875. The number of unbranched alkanes of at least 4 members (excludes halogenated alkanes) is 1. The first-order valence-corrected chi connectivity index (χ1v) is 8.05. The Hall–Kier alpha value is -0.420. The Bertz CT molecular complexity index is 256. The molecule has 0 aromatic heterocycles. The molecule has 20 heavy (non-hydrogen) atoms. The van der Waals surface area contributed by atoms with E-state index in [2.05, 4.69) is 18.3 Å². The molecule has 1 aliphatic rings. The third-order valence-corrected chi connectivity index (χ3v) is 3.46. The van der Waals surface area contributed by atoms with Gasteiger partial charge in [0.2, 0.25) is 0 Å². The Morgan fingerprint density at radius 2 is 2.15 bits per heavy atom. The van der Waals surface area contributed by atoms with Gasteiger partial charge in [0.25, 0.3) is 0 Å². The maximum absolute atomic E-state index is 9.74. The molecule has 0 aliphatic heterocycles. The number of aliphatic hydroxyl groups is 1. The number of ether oxygens (including phenoxy) is 2. The highest BCUT2D eigenvalue weighted by Crippen LogP contribution is 2.19. The fourth-order valence-electron chi connectivity index (χ4n) is 2.23. The van der Waals surface area contributed by atoms with Crippen LogP contribution in [0.1, 0.15) is 45.4 Å². The highest BCUT2D eigenvalue weighted by Gasteiger charge is 2.06. The maximum Gasteiger partial charge on any atom is 0.0897 e. The first-order valence-electron chi connectivity index (χ1n) is 8.05. The summed E-state index contributed by atoms with van der Waals surface area (Å²) in [5.74, 6) is 0. The monoisotopic (exact) mass is 285 g/mol. The molecular formula is C16H31NO3. The quantitative estimate of drug-likeness (QED) is 0.403. The summed E-state index contributed by atoms with van der Waals surface area (Å²) in [6.07, 6.45) is 9.09. The van der Waals surface area contributed by atoms with E-state index in [1.54, 1.807) is 5.57 Å². The van der Waals surface area contributed by atoms with Gasteiger partial charge in [0.15, 0.2) is 0 Å². The van der Waals surface area contributed by atoms with Crippen LogP contribution in [0.15, 0.2) is 11.6 Å². The number of rotatable bonds is 13. The van der Waals surface area contributed by atoms with Gasteiger partial charge in [-0.15, -0.1) is 0 Å². The van der Waals surface area contributed by atoms with Crippen LogP contribution in [0, 0.1) is 0 Å². The van der Waals surface area contributed by atoms with E-state index < -0.39 is 6.10 Å². The molecule has 2 N–H and O–H groups in total. The van der Waals surface area contributed by atoms with E-state index in [1.165, 1.54) is 19.3 Å². The molecule has 0 radical (unpaired) electrons. The Balaban J connectivity index is 1.81. The average Bonchev–Trinajstić information content (AvgIpc) is 2.96. The maximum atomic E-state index is 9.74. The first-order chi connectivity index (χ1) is 9.83. The van der Waals surface area contributed by atoms with Crippen LogP contribution >= 0.6 is 0 Å². The van der Waals surface area contributed by atoms with Gasteiger partial charge in [0.05, 0.1) is 25.9 Å². The molecule has 0 saturated carbocycles. The molecule has 1 unspecified atom stereocenters. The molecule has 0 bridgehead atoms. The molecule has 4 heteroatoms. The minimum Gasteiger partial charge on any atom is -0.389 e. The average molecular weight is 285 g/mol. The minimum atomic E-state index is -0.428. The minimum absolute atomic E-state index is 0.382. The van der Waals surface area contributed by atoms with Gasteiger partial charge in [-0.2, -0.15) is 0 Å². The van der Waals surface area contributed by atoms with Crippen molar-refractivity contribution in [1.82, 2.24) is 5.32 Å². The molecular weight excluding hydrogens is 254 g/mol. The van der Waals surface area contributed by atoms with Crippen LogP contribution < -0.4 is 5.32 Å². The van der Waals surface area contributed by atoms with Crippen molar-refractivity contribution in [1.29, 1.82) is 0 Å². The highest BCUT2D eigenvalue weighted by molar-refractivity contribution is 5.07. The van der Waals surface area contributed by atoms with Crippen LogP contribution in [0.5, 0.6) is 0 Å². The second kappa shape index (κ2) is 12.3. The van der Waals surface area contributed by atoms with Crippen molar-refractivity contribution in [3.63, 3.8) is 0 Å². The smallest absolute Gasteiger partial charge is 0.0897 e. The van der Waals surface area contributed by atoms with Gasteiger partial charge < -0.3 is 19.9 Å². The summed E-state index contributed by atoms with van der Waals surface area (Å²) in [5.41, 5.74) is 1.56. The standard InChI is InChI=1S/C16H31NO3/c1-2-3-10-19-11-12-20-14-16(18)13-17-9-8-15-6-4-5-7-15/h6,16-18H,2-5,7-14H2,1H3. The van der Waals surface area contributed by atoms with Crippen molar-refractivity contribution in [2.24, 2.45) is 0 Å². The van der Waals surface area contributed by atoms with Crippen molar-refractivity contribution >= 4 is 0 Å². The summed E-state index contributed by atoms with van der Waals surface area (Å²) in [5, 5.41) is 13.0. The molecule has 0 spiro atoms. The predicted octanol–water partition coefficient (Wildman–Crippen LogP) is 2.27. The molecule has 0 aromatic carbocycles. The number of nitrogens with one attached hydrogen (secondary N) is 1. The molecule has 1 rings (SSSR count). The zero-order valence-corrected chi connectivity index (χ0v) is 12.9. The lowest BCUT2D eigenvalue weighted by atomic mass is 10.2. The van der Waals surface area contributed by atoms with Gasteiger partial charge in [0.1, 0.15) is 0 Å². The van der Waals surface area contributed by atoms with E-state index in [0.717, 1.165) is 32.4 Å². The van der Waals surface area contributed by atoms with Crippen LogP contribution in [0.2, 0.25) is 0 Å². The van der Waals surface area contributed by atoms with Crippen molar-refractivity contribution in [2.45, 2.75) is 51.6 Å². The van der Waals surface area contributed by atoms with Gasteiger partial charge in [-0.1, -0.05) is 25.0 Å². The lowest BCUT2D eigenvalue weighted by Gasteiger charge is -2.12. The van der Waals surface area contributed by atoms with Crippen LogP contribution in [-0.2, 0) is 9.47 Å². The summed E-state index contributed by atoms with van der Waals surface area (Å²) in [4.78, 5) is 0. The van der Waals surface area contributed by atoms with Crippen molar-refractivity contribution in [3.8, 4) is 0 Å². The van der Waals surface area contributed by atoms with E-state index in [-0.39, 0.29) is 0 Å². The van der Waals surface area contributed by atoms with Crippen LogP contribution in [0.3, 0.4) is 0 Å². The Morgan fingerprint density at radius 1 is 1.30 bits per heavy atom. The molecule has 0 amide bonds. The molecule has 4 nitrogen and oxygen atoms in total. The zero-order chi connectivity index (χ0) is 14.5. The van der Waals surface area contributed by atoms with Crippen molar-refractivity contribution in [2.75, 3.05) is 39.5 Å². The topological polar surface area (TPSA) is 50.7 Å². The second-order valence-corrected chi connectivity index (χ2v) is 5.40. The van der Waals surface area contributed by atoms with Gasteiger partial charge in [-0.25, -0.2) is 0 Å². The van der Waals surface area contributed by atoms with Gasteiger partial charge >= 0.3 is 0 Å². The van der Waals surface area contributed by atoms with Crippen LogP contribution in [0.4, 0.5) is 0 Å². The van der Waals surface area contributed by atoms with Crippen LogP contribution in [-0.4, -0.2) is 50.7 Å². The largest absolute Gasteiger partial charge is 0.389 e. The number of hydrogen-bond acceptors (Lipinski definition) is 4. The zero-order valence-electron chi connectivity index (χ0n) is 12.9. The van der Waals surface area contributed by atoms with Crippen molar-refractivity contribution in [3.05, 3.63) is 11.6 Å². The molecule has 1 atom stereocenters. The predicted molar refractivity (Wildman–Crippen MR) is 82.0 cm³/mol. The number of allylic oxidation sites excluding steroid dienone is 1. The summed E-state index contributed by atoms with van der Waals surface area (Å²) in [7, 11) is 0. The SMILES string of the molecule is CCCCOCCOCC(O)CNCCC1=CCCC1. The lowest BCUT2D eigenvalue weighted by molar-refractivity contribution is 0.00401. The van der Waals surface area contributed by atoms with E-state index in [0.29, 0.717) is 26.4 Å². The summed E-state index contributed by atoms with van der Waals surface area (Å²) >= 11 is 0. The third kappa shape index (κ3) is 9.48. The molecule has 0 fully saturated rings. The summed E-state index contributed by atoms with van der Waals surface area (Å²) in [6, 6.07) is 0. The molecule has 0 heterocycles. The summed E-state index contributed by atoms with van der Waals surface area (Å²) < 4.78 is 10.8. The van der Waals surface area contributed by atoms with Gasteiger partial charge in [-0.3, -0.25) is 0 Å². The Morgan fingerprint density at radius 3 is 2.90 bits per heavy atom. The fourth-order valence-corrected chi connectivity index (χ4v) is 2.23. The van der Waals surface area contributed by atoms with Crippen LogP contribution in [0.25, 0.3) is 0 Å². The number of hydrogen-bond donors (Lipinski definition) is 2. The van der Waals surface area contributed by atoms with E-state index in [1.807, 2.05) is 0 Å². The first kappa shape index (κ1) is 17.6. The highest BCUT2D eigenvalue weighted by atomic mass is 16.5. The van der Waals surface area contributed by atoms with E-state index in [4.69, 9.17) is 9.47 Å². The van der Waals surface area contributed by atoms with E-state index in [9.17, 15) is 5.11 Å². The Kier molecular flexibility index (Phi) is 10.9. The molecule has 118 valence electrons. The van der Waals surface area contributed by atoms with E-state index >= 15 is 0 Å². The second-order valence-electron chi connectivity index (χ2n) is 5.40. The molecule has 0 saturated heterocycles. The van der Waals surface area contributed by atoms with Gasteiger partial charge in [-0.05, 0) is 38.6 Å². The third-order valence-electron chi connectivity index (χ3n) is 3.46. The van der Waals surface area contributed by atoms with Crippen molar-refractivity contribution < 1.29 is 14.6 Å². The Labute approximate surface area is 123 Å². The lowest BCUT2D eigenvalue weighted by Crippen LogP contribution is -2.31. The summed E-state index contributed by atoms with van der Waals surface area (Å²) in [6.45, 7) is 6.06. The number of aliphatic hydroxyl groups excluding tert-OH is 1.